The van der Waals surface area contributed by atoms with Gasteiger partial charge < -0.3 is 19.8 Å². The molecule has 2 fully saturated rings. The van der Waals surface area contributed by atoms with E-state index in [2.05, 4.69) is 31.5 Å². The summed E-state index contributed by atoms with van der Waals surface area (Å²) in [4.78, 5) is 18.3. The number of alkyl halides is 2. The number of anilines is 3. The summed E-state index contributed by atoms with van der Waals surface area (Å²) < 4.78 is 33.2. The van der Waals surface area contributed by atoms with Crippen molar-refractivity contribution in [1.82, 2.24) is 24.5 Å². The molecule has 0 atom stereocenters. The van der Waals surface area contributed by atoms with Gasteiger partial charge in [0.2, 0.25) is 0 Å². The Labute approximate surface area is 286 Å². The lowest BCUT2D eigenvalue weighted by Gasteiger charge is -2.46. The summed E-state index contributed by atoms with van der Waals surface area (Å²) >= 11 is 0. The minimum atomic E-state index is -2.60. The van der Waals surface area contributed by atoms with Crippen molar-refractivity contribution in [1.29, 1.82) is 0 Å². The van der Waals surface area contributed by atoms with Crippen molar-refractivity contribution in [3.8, 4) is 11.1 Å². The van der Waals surface area contributed by atoms with Crippen LogP contribution >= 0.6 is 0 Å². The van der Waals surface area contributed by atoms with E-state index in [1.54, 1.807) is 35.3 Å². The summed E-state index contributed by atoms with van der Waals surface area (Å²) in [7, 11) is 3.96. The van der Waals surface area contributed by atoms with Crippen LogP contribution < -0.4 is 9.80 Å². The van der Waals surface area contributed by atoms with Crippen molar-refractivity contribution < 1.29 is 18.7 Å². The predicted octanol–water partition coefficient (Wildman–Crippen LogP) is 7.39. The van der Waals surface area contributed by atoms with Crippen LogP contribution in [0.2, 0.25) is 0 Å². The average molecular weight is 670 g/mol. The second-order valence-electron chi connectivity index (χ2n) is 14.8. The quantitative estimate of drug-likeness (QED) is 0.229. The molecule has 9 nitrogen and oxygen atoms in total. The molecule has 1 aliphatic carbocycles. The van der Waals surface area contributed by atoms with E-state index in [1.165, 1.54) is 24.1 Å². The van der Waals surface area contributed by atoms with Gasteiger partial charge in [-0.2, -0.15) is 10.2 Å². The number of rotatable bonds is 6. The highest BCUT2D eigenvalue weighted by molar-refractivity contribution is 5.88. The van der Waals surface area contributed by atoms with Crippen LogP contribution in [0.25, 0.3) is 11.1 Å². The van der Waals surface area contributed by atoms with E-state index >= 15 is 0 Å². The minimum Gasteiger partial charge on any atom is -0.478 e. The molecule has 2 aromatic heterocycles. The summed E-state index contributed by atoms with van der Waals surface area (Å²) in [5.41, 5.74) is 7.61. The SMILES string of the molecule is CN1CCc2c(c(N3CCCc4cc(-c5cnn(C)c5)c(C(F)F)cc43)nn2C2CCC3(CC2)CCN(c2ccc(C(=O)O)cc2)CC3)C1. The van der Waals surface area contributed by atoms with E-state index in [4.69, 9.17) is 5.10 Å². The second-order valence-corrected chi connectivity index (χ2v) is 14.8. The van der Waals surface area contributed by atoms with Crippen LogP contribution in [0.5, 0.6) is 0 Å². The summed E-state index contributed by atoms with van der Waals surface area (Å²) in [6.45, 7) is 4.54. The Morgan fingerprint density at radius 3 is 2.41 bits per heavy atom. The van der Waals surface area contributed by atoms with Gasteiger partial charge in [-0.25, -0.2) is 13.6 Å². The number of likely N-dealkylation sites (N-methyl/N-ethyl adjacent to an activating group) is 1. The Morgan fingerprint density at radius 2 is 1.73 bits per heavy atom. The largest absolute Gasteiger partial charge is 0.478 e. The number of carbonyl (C=O) groups is 1. The predicted molar refractivity (Wildman–Crippen MR) is 186 cm³/mol. The summed E-state index contributed by atoms with van der Waals surface area (Å²) in [6.07, 6.45) is 10.4. The number of benzene rings is 2. The number of carboxylic acids is 1. The molecular formula is C38H45F2N7O2. The zero-order chi connectivity index (χ0) is 33.9. The van der Waals surface area contributed by atoms with Gasteiger partial charge in [0.25, 0.3) is 6.43 Å². The molecule has 0 radical (unpaired) electrons. The Hall–Kier alpha value is -4.25. The summed E-state index contributed by atoms with van der Waals surface area (Å²) in [5.74, 6) is 0.0508. The Kier molecular flexibility index (Phi) is 8.21. The first-order chi connectivity index (χ1) is 23.7. The maximum Gasteiger partial charge on any atom is 0.335 e. The average Bonchev–Trinajstić information content (AvgIpc) is 3.71. The number of nitrogens with zero attached hydrogens (tertiary/aromatic N) is 7. The van der Waals surface area contributed by atoms with Crippen molar-refractivity contribution in [2.45, 2.75) is 76.8 Å². The number of hydrogen-bond acceptors (Lipinski definition) is 6. The Bertz CT molecular complexity index is 1850. The third-order valence-corrected chi connectivity index (χ3v) is 11.8. The molecule has 1 saturated carbocycles. The maximum atomic E-state index is 14.6. The third-order valence-electron chi connectivity index (χ3n) is 11.8. The van der Waals surface area contributed by atoms with Crippen molar-refractivity contribution in [3.63, 3.8) is 0 Å². The molecule has 1 spiro atoms. The number of halogens is 2. The zero-order valence-electron chi connectivity index (χ0n) is 28.4. The van der Waals surface area contributed by atoms with Gasteiger partial charge in [0.05, 0.1) is 17.8 Å². The number of aryl methyl sites for hydroxylation is 2. The van der Waals surface area contributed by atoms with Crippen molar-refractivity contribution in [2.24, 2.45) is 12.5 Å². The molecule has 0 unspecified atom stereocenters. The molecule has 8 rings (SSSR count). The maximum absolute atomic E-state index is 14.6. The third kappa shape index (κ3) is 5.89. The Balaban J connectivity index is 1.04. The van der Waals surface area contributed by atoms with Crippen molar-refractivity contribution in [2.75, 3.05) is 43.0 Å². The van der Waals surface area contributed by atoms with Crippen LogP contribution in [0, 0.1) is 5.41 Å². The molecule has 49 heavy (non-hydrogen) atoms. The molecule has 258 valence electrons. The van der Waals surface area contributed by atoms with Gasteiger partial charge in [0.1, 0.15) is 0 Å². The fourth-order valence-electron chi connectivity index (χ4n) is 8.96. The highest BCUT2D eigenvalue weighted by Gasteiger charge is 2.40. The second kappa shape index (κ2) is 12.6. The number of aromatic carboxylic acids is 1. The van der Waals surface area contributed by atoms with Gasteiger partial charge in [-0.1, -0.05) is 0 Å². The monoisotopic (exact) mass is 669 g/mol. The molecule has 0 bridgehead atoms. The van der Waals surface area contributed by atoms with E-state index < -0.39 is 12.4 Å². The van der Waals surface area contributed by atoms with Gasteiger partial charge in [0, 0.05) is 86.1 Å². The van der Waals surface area contributed by atoms with Gasteiger partial charge in [-0.05, 0) is 111 Å². The number of piperidine rings is 1. The number of fused-ring (bicyclic) bond motifs is 2. The highest BCUT2D eigenvalue weighted by atomic mass is 19.3. The summed E-state index contributed by atoms with van der Waals surface area (Å²) in [5, 5.41) is 18.9. The van der Waals surface area contributed by atoms with Crippen molar-refractivity contribution >= 4 is 23.2 Å². The van der Waals surface area contributed by atoms with Crippen LogP contribution in [-0.4, -0.2) is 68.8 Å². The normalized spacial score (nSPS) is 19.8. The molecule has 1 N–H and O–H groups in total. The van der Waals surface area contributed by atoms with Crippen LogP contribution in [0.4, 0.5) is 26.0 Å². The molecule has 4 aliphatic rings. The lowest BCUT2D eigenvalue weighted by molar-refractivity contribution is 0.0697. The van der Waals surface area contributed by atoms with Gasteiger partial charge in [-0.15, -0.1) is 0 Å². The molecule has 4 aromatic rings. The van der Waals surface area contributed by atoms with Crippen LogP contribution in [0.1, 0.15) is 90.2 Å². The highest BCUT2D eigenvalue weighted by Crippen LogP contribution is 2.49. The van der Waals surface area contributed by atoms with Crippen LogP contribution in [-0.2, 0) is 26.4 Å². The molecule has 1 saturated heterocycles. The van der Waals surface area contributed by atoms with Crippen LogP contribution in [0.15, 0.2) is 48.8 Å². The van der Waals surface area contributed by atoms with Crippen molar-refractivity contribution in [3.05, 3.63) is 76.7 Å². The van der Waals surface area contributed by atoms with E-state index in [1.807, 2.05) is 25.2 Å². The van der Waals surface area contributed by atoms with Gasteiger partial charge in [-0.3, -0.25) is 9.36 Å². The van der Waals surface area contributed by atoms with Crippen LogP contribution in [0.3, 0.4) is 0 Å². The van der Waals surface area contributed by atoms with E-state index in [9.17, 15) is 18.7 Å². The fourth-order valence-corrected chi connectivity index (χ4v) is 8.96. The smallest absolute Gasteiger partial charge is 0.335 e. The minimum absolute atomic E-state index is 0.0463. The first kappa shape index (κ1) is 32.0. The molecule has 5 heterocycles. The molecule has 2 aromatic carbocycles. The Morgan fingerprint density at radius 1 is 0.980 bits per heavy atom. The summed E-state index contributed by atoms with van der Waals surface area (Å²) in [6, 6.07) is 11.3. The number of aromatic nitrogens is 4. The lowest BCUT2D eigenvalue weighted by atomic mass is 9.67. The molecular weight excluding hydrogens is 624 g/mol. The molecule has 3 aliphatic heterocycles. The van der Waals surface area contributed by atoms with E-state index in [0.717, 1.165) is 106 Å². The van der Waals surface area contributed by atoms with Gasteiger partial charge >= 0.3 is 5.97 Å². The zero-order valence-corrected chi connectivity index (χ0v) is 28.4. The lowest BCUT2D eigenvalue weighted by Crippen LogP contribution is -2.42. The molecule has 11 heteroatoms. The van der Waals surface area contributed by atoms with E-state index in [-0.39, 0.29) is 5.56 Å². The van der Waals surface area contributed by atoms with Gasteiger partial charge in [0.15, 0.2) is 5.82 Å². The molecule has 0 amide bonds. The van der Waals surface area contributed by atoms with E-state index in [0.29, 0.717) is 22.6 Å². The standard InChI is InChI=1S/C38H45F2N7O2/c1-43-17-11-33-32(24-43)36(46-16-3-4-26-20-30(27-22-41-44(2)23-27)31(35(39)40)21-34(26)46)42-47(33)29-9-12-38(13-10-29)14-18-45(19-15-38)28-7-5-25(6-8-28)37(48)49/h5-8,20-23,29,35H,3-4,9-19,24H2,1-2H3,(H,48,49). The number of carboxylic acid groups (broad SMARTS) is 1. The fraction of sp³-hybridized carbons (Fsp3) is 0.500. The topological polar surface area (TPSA) is 82.7 Å². The number of hydrogen-bond donors (Lipinski definition) is 1. The first-order valence-corrected chi connectivity index (χ1v) is 17.8. The first-order valence-electron chi connectivity index (χ1n) is 17.8.